The number of aromatic nitrogens is 1. The lowest BCUT2D eigenvalue weighted by Crippen LogP contribution is -2.27. The Kier molecular flexibility index (Phi) is 5.87. The van der Waals surface area contributed by atoms with Gasteiger partial charge in [0.2, 0.25) is 0 Å². The fourth-order valence-corrected chi connectivity index (χ4v) is 3.79. The van der Waals surface area contributed by atoms with Gasteiger partial charge in [-0.2, -0.15) is 13.2 Å². The van der Waals surface area contributed by atoms with Gasteiger partial charge >= 0.3 is 6.18 Å². The molecule has 0 saturated carbocycles. The molecule has 1 heterocycles. The molecule has 1 amide bonds. The molecular formula is C18H21F3N2OS. The first-order chi connectivity index (χ1) is 11.6. The van der Waals surface area contributed by atoms with E-state index >= 15 is 0 Å². The Balaban J connectivity index is 2.21. The first kappa shape index (κ1) is 19.4. The molecule has 0 N–H and O–H groups in total. The number of alkyl halides is 3. The summed E-state index contributed by atoms with van der Waals surface area (Å²) in [6.45, 7) is 5.78. The van der Waals surface area contributed by atoms with Crippen LogP contribution in [0.25, 0.3) is 0 Å². The molecular weight excluding hydrogens is 349 g/mol. The van der Waals surface area contributed by atoms with Crippen molar-refractivity contribution in [3.63, 3.8) is 0 Å². The minimum atomic E-state index is -4.44. The molecule has 0 fully saturated rings. The summed E-state index contributed by atoms with van der Waals surface area (Å²) in [5, 5.41) is 0.875. The third kappa shape index (κ3) is 4.81. The van der Waals surface area contributed by atoms with Crippen LogP contribution in [0.3, 0.4) is 0 Å². The molecule has 0 spiro atoms. The lowest BCUT2D eigenvalue weighted by atomic mass is 10.1. The molecule has 0 saturated heterocycles. The molecule has 136 valence electrons. The molecule has 1 aromatic carbocycles. The van der Waals surface area contributed by atoms with Crippen LogP contribution in [0.1, 0.15) is 45.3 Å². The van der Waals surface area contributed by atoms with Gasteiger partial charge in [0.15, 0.2) is 0 Å². The number of nitrogens with zero attached hydrogens (tertiary/aromatic N) is 2. The van der Waals surface area contributed by atoms with Crippen LogP contribution in [0.15, 0.2) is 24.3 Å². The fraction of sp³-hybridized carbons (Fsp3) is 0.444. The topological polar surface area (TPSA) is 33.2 Å². The summed E-state index contributed by atoms with van der Waals surface area (Å²) >= 11 is 1.32. The molecule has 7 heteroatoms. The van der Waals surface area contributed by atoms with Crippen LogP contribution in [0.4, 0.5) is 13.2 Å². The second kappa shape index (κ2) is 7.56. The number of halogens is 3. The van der Waals surface area contributed by atoms with Crippen molar-refractivity contribution >= 4 is 17.2 Å². The monoisotopic (exact) mass is 370 g/mol. The van der Waals surface area contributed by atoms with Gasteiger partial charge in [0.25, 0.3) is 5.91 Å². The maximum absolute atomic E-state index is 13.1. The van der Waals surface area contributed by atoms with Crippen molar-refractivity contribution in [2.45, 2.75) is 39.9 Å². The first-order valence-electron chi connectivity index (χ1n) is 7.96. The van der Waals surface area contributed by atoms with Crippen LogP contribution < -0.4 is 0 Å². The van der Waals surface area contributed by atoms with Gasteiger partial charge in [-0.05, 0) is 24.5 Å². The second-order valence-electron chi connectivity index (χ2n) is 6.44. The molecule has 0 unspecified atom stereocenters. The van der Waals surface area contributed by atoms with Gasteiger partial charge in [-0.25, -0.2) is 4.98 Å². The summed E-state index contributed by atoms with van der Waals surface area (Å²) in [4.78, 5) is 18.9. The Labute approximate surface area is 149 Å². The minimum absolute atomic E-state index is 0.0791. The lowest BCUT2D eigenvalue weighted by molar-refractivity contribution is -0.138. The minimum Gasteiger partial charge on any atom is -0.337 e. The molecule has 0 atom stereocenters. The maximum Gasteiger partial charge on any atom is 0.416 e. The predicted octanol–water partition coefficient (Wildman–Crippen LogP) is 4.94. The second-order valence-corrected chi connectivity index (χ2v) is 7.52. The van der Waals surface area contributed by atoms with Gasteiger partial charge in [0, 0.05) is 20.0 Å². The summed E-state index contributed by atoms with van der Waals surface area (Å²) < 4.78 is 39.3. The van der Waals surface area contributed by atoms with Crippen molar-refractivity contribution < 1.29 is 18.0 Å². The maximum atomic E-state index is 13.1. The number of benzene rings is 1. The molecule has 0 bridgehead atoms. The number of hydrogen-bond acceptors (Lipinski definition) is 3. The van der Waals surface area contributed by atoms with Crippen molar-refractivity contribution in [3.8, 4) is 0 Å². The van der Waals surface area contributed by atoms with Crippen molar-refractivity contribution in [2.24, 2.45) is 5.92 Å². The van der Waals surface area contributed by atoms with E-state index in [9.17, 15) is 18.0 Å². The number of carbonyl (C=O) groups excluding carboxylic acids is 1. The van der Waals surface area contributed by atoms with Crippen LogP contribution >= 0.6 is 11.3 Å². The molecule has 0 aliphatic rings. The molecule has 3 nitrogen and oxygen atoms in total. The first-order valence-corrected chi connectivity index (χ1v) is 8.78. The predicted molar refractivity (Wildman–Crippen MR) is 92.6 cm³/mol. The van der Waals surface area contributed by atoms with Gasteiger partial charge in [0.05, 0.1) is 16.3 Å². The van der Waals surface area contributed by atoms with Gasteiger partial charge in [0.1, 0.15) is 4.88 Å². The highest BCUT2D eigenvalue weighted by Crippen LogP contribution is 2.32. The number of rotatable bonds is 5. The van der Waals surface area contributed by atoms with E-state index in [-0.39, 0.29) is 18.0 Å². The number of thiazole rings is 1. The average molecular weight is 370 g/mol. The SMILES string of the molecule is Cc1nc(CC(C)C)sc1C(=O)N(C)Cc1ccccc1C(F)(F)F. The zero-order chi connectivity index (χ0) is 18.8. The Morgan fingerprint density at radius 1 is 1.28 bits per heavy atom. The number of aryl methyl sites for hydroxylation is 1. The highest BCUT2D eigenvalue weighted by atomic mass is 32.1. The molecule has 25 heavy (non-hydrogen) atoms. The van der Waals surface area contributed by atoms with Gasteiger partial charge in [-0.15, -0.1) is 11.3 Å². The summed E-state index contributed by atoms with van der Waals surface area (Å²) in [6.07, 6.45) is -3.66. The molecule has 0 radical (unpaired) electrons. The standard InChI is InChI=1S/C18H21F3N2OS/c1-11(2)9-15-22-12(3)16(25-15)17(24)23(4)10-13-7-5-6-8-14(13)18(19,20)21/h5-8,11H,9-10H2,1-4H3. The van der Waals surface area contributed by atoms with E-state index in [1.165, 1.54) is 35.4 Å². The van der Waals surface area contributed by atoms with Crippen molar-refractivity contribution in [1.29, 1.82) is 0 Å². The normalized spacial score (nSPS) is 11.8. The van der Waals surface area contributed by atoms with Crippen LogP contribution in [0.2, 0.25) is 0 Å². The largest absolute Gasteiger partial charge is 0.416 e. The zero-order valence-electron chi connectivity index (χ0n) is 14.6. The highest BCUT2D eigenvalue weighted by molar-refractivity contribution is 7.13. The van der Waals surface area contributed by atoms with E-state index in [0.29, 0.717) is 16.5 Å². The molecule has 2 rings (SSSR count). The Morgan fingerprint density at radius 2 is 1.92 bits per heavy atom. The van der Waals surface area contributed by atoms with Crippen molar-refractivity contribution in [2.75, 3.05) is 7.05 Å². The van der Waals surface area contributed by atoms with E-state index in [1.54, 1.807) is 13.0 Å². The number of amides is 1. The van der Waals surface area contributed by atoms with E-state index < -0.39 is 11.7 Å². The summed E-state index contributed by atoms with van der Waals surface area (Å²) in [5.41, 5.74) is -0.00629. The summed E-state index contributed by atoms with van der Waals surface area (Å²) in [6, 6.07) is 5.32. The van der Waals surface area contributed by atoms with E-state index in [2.05, 4.69) is 18.8 Å². The smallest absolute Gasteiger partial charge is 0.337 e. The fourth-order valence-electron chi connectivity index (χ4n) is 2.52. The van der Waals surface area contributed by atoms with E-state index in [1.807, 2.05) is 0 Å². The van der Waals surface area contributed by atoms with Crippen LogP contribution in [-0.4, -0.2) is 22.8 Å². The lowest BCUT2D eigenvalue weighted by Gasteiger charge is -2.19. The van der Waals surface area contributed by atoms with E-state index in [4.69, 9.17) is 0 Å². The highest BCUT2D eigenvalue weighted by Gasteiger charge is 2.33. The van der Waals surface area contributed by atoms with E-state index in [0.717, 1.165) is 17.5 Å². The third-order valence-corrected chi connectivity index (χ3v) is 4.86. The van der Waals surface area contributed by atoms with Crippen molar-refractivity contribution in [1.82, 2.24) is 9.88 Å². The number of carbonyl (C=O) groups is 1. The summed E-state index contributed by atoms with van der Waals surface area (Å²) in [5.74, 6) is 0.117. The molecule has 2 aromatic rings. The molecule has 0 aliphatic heterocycles. The molecule has 1 aromatic heterocycles. The van der Waals surface area contributed by atoms with Gasteiger partial charge in [-0.3, -0.25) is 4.79 Å². The quantitative estimate of drug-likeness (QED) is 0.747. The van der Waals surface area contributed by atoms with Crippen LogP contribution in [-0.2, 0) is 19.1 Å². The molecule has 0 aliphatic carbocycles. The van der Waals surface area contributed by atoms with Gasteiger partial charge < -0.3 is 4.90 Å². The summed E-state index contributed by atoms with van der Waals surface area (Å²) in [7, 11) is 1.51. The number of hydrogen-bond donors (Lipinski definition) is 0. The van der Waals surface area contributed by atoms with Gasteiger partial charge in [-0.1, -0.05) is 32.0 Å². The average Bonchev–Trinajstić information content (AvgIpc) is 2.85. The Hall–Kier alpha value is -1.89. The van der Waals surface area contributed by atoms with Crippen LogP contribution in [0.5, 0.6) is 0 Å². The van der Waals surface area contributed by atoms with Crippen LogP contribution in [0, 0.1) is 12.8 Å². The zero-order valence-corrected chi connectivity index (χ0v) is 15.5. The Bertz CT molecular complexity index is 753. The third-order valence-electron chi connectivity index (χ3n) is 3.69. The Morgan fingerprint density at radius 3 is 2.52 bits per heavy atom. The van der Waals surface area contributed by atoms with Crippen molar-refractivity contribution in [3.05, 3.63) is 51.0 Å².